The van der Waals surface area contributed by atoms with Crippen molar-refractivity contribution in [1.29, 1.82) is 0 Å². The maximum atomic E-state index is 5.60. The molecule has 11 heavy (non-hydrogen) atoms. The number of methoxy groups -OCH3 is 1. The van der Waals surface area contributed by atoms with Gasteiger partial charge < -0.3 is 9.16 Å². The lowest BCUT2D eigenvalue weighted by Gasteiger charge is -2.20. The molecule has 0 amide bonds. The predicted octanol–water partition coefficient (Wildman–Crippen LogP) is 3.07. The molecular formula is C7H15BrO2Si. The Balaban J connectivity index is 4.23. The second-order valence-electron chi connectivity index (χ2n) is 3.24. The molecule has 0 aliphatic rings. The molecule has 0 aliphatic heterocycles. The molecule has 0 aliphatic carbocycles. The lowest BCUT2D eigenvalue weighted by Crippen LogP contribution is -2.25. The molecule has 0 saturated heterocycles. The Morgan fingerprint density at radius 3 is 1.82 bits per heavy atom. The molecule has 0 radical (unpaired) electrons. The molecule has 0 bridgehead atoms. The molecule has 4 heteroatoms. The molecule has 0 unspecified atom stereocenters. The van der Waals surface area contributed by atoms with E-state index in [2.05, 4.69) is 35.6 Å². The van der Waals surface area contributed by atoms with Crippen molar-refractivity contribution in [2.24, 2.45) is 0 Å². The zero-order chi connectivity index (χ0) is 9.07. The molecule has 0 fully saturated rings. The maximum Gasteiger partial charge on any atom is 0.275 e. The molecule has 0 N–H and O–H groups in total. The van der Waals surface area contributed by atoms with Crippen LogP contribution in [0, 0.1) is 0 Å². The molecule has 66 valence electrons. The van der Waals surface area contributed by atoms with Gasteiger partial charge in [0.1, 0.15) is 0 Å². The van der Waals surface area contributed by atoms with Gasteiger partial charge in [0.15, 0.2) is 0 Å². The first kappa shape index (κ1) is 11.0. The van der Waals surface area contributed by atoms with Crippen LogP contribution in [-0.2, 0) is 9.16 Å². The van der Waals surface area contributed by atoms with Gasteiger partial charge in [-0.2, -0.15) is 0 Å². The van der Waals surface area contributed by atoms with E-state index in [9.17, 15) is 0 Å². The Labute approximate surface area is 77.8 Å². The lowest BCUT2D eigenvalue weighted by molar-refractivity contribution is 0.145. The van der Waals surface area contributed by atoms with Gasteiger partial charge in [0, 0.05) is 0 Å². The highest BCUT2D eigenvalue weighted by Crippen LogP contribution is 2.17. The molecule has 0 aromatic carbocycles. The Kier molecular flexibility index (Phi) is 4.17. The fourth-order valence-corrected chi connectivity index (χ4v) is 1.72. The Bertz CT molecular complexity index is 156. The summed E-state index contributed by atoms with van der Waals surface area (Å²) in [6.45, 7) is 8.24. The van der Waals surface area contributed by atoms with Gasteiger partial charge in [-0.3, -0.25) is 0 Å². The van der Waals surface area contributed by atoms with Gasteiger partial charge in [0.05, 0.1) is 11.6 Å². The lowest BCUT2D eigenvalue weighted by atomic mass is 10.7. The van der Waals surface area contributed by atoms with E-state index in [0.29, 0.717) is 5.95 Å². The average molecular weight is 239 g/mol. The number of hydrogen-bond acceptors (Lipinski definition) is 2. The van der Waals surface area contributed by atoms with Gasteiger partial charge in [-0.15, -0.1) is 0 Å². The minimum Gasteiger partial charge on any atom is -0.519 e. The van der Waals surface area contributed by atoms with Crippen LogP contribution in [-0.4, -0.2) is 15.4 Å². The molecule has 0 saturated carbocycles. The van der Waals surface area contributed by atoms with Crippen molar-refractivity contribution in [2.45, 2.75) is 26.6 Å². The maximum absolute atomic E-state index is 5.60. The van der Waals surface area contributed by atoms with Crippen molar-refractivity contribution >= 4 is 24.2 Å². The van der Waals surface area contributed by atoms with Crippen molar-refractivity contribution in [1.82, 2.24) is 0 Å². The minimum absolute atomic E-state index is 0.601. The molecular weight excluding hydrogens is 224 g/mol. The van der Waals surface area contributed by atoms with Crippen LogP contribution in [0.5, 0.6) is 0 Å². The predicted molar refractivity (Wildman–Crippen MR) is 53.1 cm³/mol. The molecule has 2 nitrogen and oxygen atoms in total. The first-order valence-corrected chi connectivity index (χ1v) is 7.66. The summed E-state index contributed by atoms with van der Waals surface area (Å²) in [7, 11) is 0.0944. The summed E-state index contributed by atoms with van der Waals surface area (Å²) < 4.78 is 11.5. The van der Waals surface area contributed by atoms with Crippen molar-refractivity contribution in [3.63, 3.8) is 0 Å². The topological polar surface area (TPSA) is 18.5 Å². The highest BCUT2D eigenvalue weighted by Gasteiger charge is 2.18. The van der Waals surface area contributed by atoms with Crippen LogP contribution in [0.4, 0.5) is 0 Å². The third-order valence-electron chi connectivity index (χ3n) is 0.866. The Morgan fingerprint density at radius 2 is 1.73 bits per heavy atom. The van der Waals surface area contributed by atoms with Gasteiger partial charge in [0.2, 0.25) is 8.32 Å². The summed E-state index contributed by atoms with van der Waals surface area (Å²) >= 11 is 3.31. The third-order valence-corrected chi connectivity index (χ3v) is 1.99. The zero-order valence-electron chi connectivity index (χ0n) is 7.69. The fraction of sp³-hybridized carbons (Fsp3) is 0.714. The summed E-state index contributed by atoms with van der Waals surface area (Å²) in [5.41, 5.74) is 0. The molecule has 0 rings (SSSR count). The quantitative estimate of drug-likeness (QED) is 0.556. The van der Waals surface area contributed by atoms with Crippen LogP contribution in [0.3, 0.4) is 0 Å². The molecule has 0 heterocycles. The van der Waals surface area contributed by atoms with E-state index in [4.69, 9.17) is 9.16 Å². The molecule has 0 aromatic heterocycles. The zero-order valence-corrected chi connectivity index (χ0v) is 10.3. The minimum atomic E-state index is -1.52. The largest absolute Gasteiger partial charge is 0.519 e. The van der Waals surface area contributed by atoms with Crippen LogP contribution < -0.4 is 0 Å². The monoisotopic (exact) mass is 238 g/mol. The van der Waals surface area contributed by atoms with E-state index in [1.54, 1.807) is 7.11 Å². The number of ether oxygens (including phenoxy) is 1. The van der Waals surface area contributed by atoms with Crippen LogP contribution in [0.15, 0.2) is 10.4 Å². The SMILES string of the molecule is CO/C(O[Si](C)(C)C)=C(\C)Br. The number of allylic oxidation sites excluding steroid dienone is 1. The molecule has 0 spiro atoms. The highest BCUT2D eigenvalue weighted by molar-refractivity contribution is 9.11. The Morgan fingerprint density at radius 1 is 1.27 bits per heavy atom. The van der Waals surface area contributed by atoms with E-state index in [0.717, 1.165) is 4.48 Å². The number of rotatable bonds is 3. The van der Waals surface area contributed by atoms with Crippen molar-refractivity contribution in [3.05, 3.63) is 10.4 Å². The van der Waals surface area contributed by atoms with Crippen LogP contribution >= 0.6 is 15.9 Å². The van der Waals surface area contributed by atoms with Gasteiger partial charge >= 0.3 is 0 Å². The average Bonchev–Trinajstić information content (AvgIpc) is 1.80. The molecule has 0 atom stereocenters. The second-order valence-corrected chi connectivity index (χ2v) is 8.86. The van der Waals surface area contributed by atoms with Crippen molar-refractivity contribution in [3.8, 4) is 0 Å². The van der Waals surface area contributed by atoms with E-state index in [1.165, 1.54) is 0 Å². The summed E-state index contributed by atoms with van der Waals surface area (Å²) in [6, 6.07) is 0. The van der Waals surface area contributed by atoms with E-state index in [-0.39, 0.29) is 0 Å². The molecule has 0 aromatic rings. The summed E-state index contributed by atoms with van der Waals surface area (Å²) in [5, 5.41) is 0. The normalized spacial score (nSPS) is 14.0. The van der Waals surface area contributed by atoms with Gasteiger partial charge in [0.25, 0.3) is 5.95 Å². The fourth-order valence-electron chi connectivity index (χ4n) is 0.531. The van der Waals surface area contributed by atoms with E-state index >= 15 is 0 Å². The van der Waals surface area contributed by atoms with Gasteiger partial charge in [-0.05, 0) is 42.5 Å². The van der Waals surface area contributed by atoms with Gasteiger partial charge in [-0.1, -0.05) is 0 Å². The van der Waals surface area contributed by atoms with Crippen molar-refractivity contribution < 1.29 is 9.16 Å². The second kappa shape index (κ2) is 4.16. The van der Waals surface area contributed by atoms with Crippen LogP contribution in [0.1, 0.15) is 6.92 Å². The van der Waals surface area contributed by atoms with Crippen LogP contribution in [0.2, 0.25) is 19.6 Å². The number of hydrogen-bond donors (Lipinski definition) is 0. The third kappa shape index (κ3) is 5.32. The summed E-state index contributed by atoms with van der Waals surface area (Å²) in [6.07, 6.45) is 0. The first-order chi connectivity index (χ1) is 4.87. The highest BCUT2D eigenvalue weighted by atomic mass is 79.9. The standard InChI is InChI=1S/C7H15BrO2Si/c1-6(8)7(9-2)10-11(3,4)5/h1-5H3/b7-6-. The summed E-state index contributed by atoms with van der Waals surface area (Å²) in [4.78, 5) is 0. The Hall–Kier alpha value is 0.0369. The number of halogens is 1. The van der Waals surface area contributed by atoms with Gasteiger partial charge in [-0.25, -0.2) is 0 Å². The van der Waals surface area contributed by atoms with E-state index in [1.807, 2.05) is 6.92 Å². The first-order valence-electron chi connectivity index (χ1n) is 3.46. The summed E-state index contributed by atoms with van der Waals surface area (Å²) in [5.74, 6) is 0.601. The van der Waals surface area contributed by atoms with Crippen molar-refractivity contribution in [2.75, 3.05) is 7.11 Å². The van der Waals surface area contributed by atoms with Crippen LogP contribution in [0.25, 0.3) is 0 Å². The smallest absolute Gasteiger partial charge is 0.275 e. The van der Waals surface area contributed by atoms with E-state index < -0.39 is 8.32 Å².